The van der Waals surface area contributed by atoms with Crippen LogP contribution >= 0.6 is 0 Å². The summed E-state index contributed by atoms with van der Waals surface area (Å²) in [4.78, 5) is 6.96. The monoisotopic (exact) mass is 549 g/mol. The first-order valence-electron chi connectivity index (χ1n) is 14.5. The van der Waals surface area contributed by atoms with Crippen LogP contribution in [0.5, 0.6) is 11.5 Å². The number of ether oxygens (including phenoxy) is 2. The van der Waals surface area contributed by atoms with Crippen LogP contribution in [0.3, 0.4) is 0 Å². The van der Waals surface area contributed by atoms with Crippen molar-refractivity contribution in [2.75, 3.05) is 55.1 Å². The summed E-state index contributed by atoms with van der Waals surface area (Å²) in [6, 6.07) is 34.2. The van der Waals surface area contributed by atoms with Gasteiger partial charge in [0.1, 0.15) is 11.5 Å². The first kappa shape index (κ1) is 29.6. The standard InChI is InChI=1S/C36H43N3O2/c1-7-37(8-2)30-15-11-28(12-16-30)36(29-13-17-31(18-14-29)38(9-3)10-4)27-39(32-19-23-34(40-5)24-20-32)33-21-25-35(41-6)26-22-33/h11-27H,7-10H2,1-6H3. The minimum atomic E-state index is 0.826. The Morgan fingerprint density at radius 2 is 0.805 bits per heavy atom. The lowest BCUT2D eigenvalue weighted by atomic mass is 9.97. The smallest absolute Gasteiger partial charge is 0.119 e. The van der Waals surface area contributed by atoms with Crippen LogP contribution in [-0.2, 0) is 0 Å². The van der Waals surface area contributed by atoms with Crippen molar-refractivity contribution < 1.29 is 9.47 Å². The van der Waals surface area contributed by atoms with Gasteiger partial charge in [-0.2, -0.15) is 0 Å². The average molecular weight is 550 g/mol. The van der Waals surface area contributed by atoms with Crippen LogP contribution in [0, 0.1) is 0 Å². The summed E-state index contributed by atoms with van der Waals surface area (Å²) in [5.41, 5.74) is 7.98. The van der Waals surface area contributed by atoms with Crippen LogP contribution < -0.4 is 24.2 Å². The highest BCUT2D eigenvalue weighted by Gasteiger charge is 2.14. The molecule has 41 heavy (non-hydrogen) atoms. The van der Waals surface area contributed by atoms with Crippen LogP contribution in [0.2, 0.25) is 0 Å². The van der Waals surface area contributed by atoms with Gasteiger partial charge in [0, 0.05) is 60.7 Å². The zero-order valence-corrected chi connectivity index (χ0v) is 25.3. The second-order valence-corrected chi connectivity index (χ2v) is 9.75. The number of nitrogens with zero attached hydrogens (tertiary/aromatic N) is 3. The van der Waals surface area contributed by atoms with Gasteiger partial charge in [-0.05, 0) is 112 Å². The van der Waals surface area contributed by atoms with Crippen molar-refractivity contribution in [3.8, 4) is 11.5 Å². The number of hydrogen-bond acceptors (Lipinski definition) is 5. The Labute approximate surface area is 246 Å². The summed E-state index contributed by atoms with van der Waals surface area (Å²) in [7, 11) is 3.38. The van der Waals surface area contributed by atoms with Gasteiger partial charge in [0.2, 0.25) is 0 Å². The molecule has 5 nitrogen and oxygen atoms in total. The molecule has 0 unspecified atom stereocenters. The summed E-state index contributed by atoms with van der Waals surface area (Å²) in [6.07, 6.45) is 2.24. The molecule has 4 aromatic rings. The molecule has 0 N–H and O–H groups in total. The molecule has 0 bridgehead atoms. The average Bonchev–Trinajstić information content (AvgIpc) is 3.04. The molecule has 0 aromatic heterocycles. The zero-order chi connectivity index (χ0) is 29.2. The summed E-state index contributed by atoms with van der Waals surface area (Å²) in [5.74, 6) is 1.65. The molecule has 4 rings (SSSR count). The SMILES string of the molecule is CCN(CC)c1ccc(C(=CN(c2ccc(OC)cc2)c2ccc(OC)cc2)c2ccc(N(CC)CC)cc2)cc1. The fourth-order valence-electron chi connectivity index (χ4n) is 5.11. The Kier molecular flexibility index (Phi) is 10.3. The summed E-state index contributed by atoms with van der Waals surface area (Å²) < 4.78 is 10.9. The van der Waals surface area contributed by atoms with Gasteiger partial charge in [-0.3, -0.25) is 0 Å². The van der Waals surface area contributed by atoms with Crippen LogP contribution in [0.1, 0.15) is 38.8 Å². The van der Waals surface area contributed by atoms with Crippen LogP contribution in [0.25, 0.3) is 5.57 Å². The van der Waals surface area contributed by atoms with Gasteiger partial charge < -0.3 is 24.2 Å². The maximum Gasteiger partial charge on any atom is 0.119 e. The molecule has 0 saturated carbocycles. The van der Waals surface area contributed by atoms with Gasteiger partial charge in [-0.15, -0.1) is 0 Å². The Bertz CT molecular complexity index is 1270. The molecule has 0 spiro atoms. The summed E-state index contributed by atoms with van der Waals surface area (Å²) in [5, 5.41) is 0. The van der Waals surface area contributed by atoms with E-state index in [1.807, 2.05) is 24.3 Å². The lowest BCUT2D eigenvalue weighted by Crippen LogP contribution is -2.21. The number of anilines is 4. The predicted molar refractivity (Wildman–Crippen MR) is 175 cm³/mol. The van der Waals surface area contributed by atoms with E-state index in [1.54, 1.807) is 14.2 Å². The normalized spacial score (nSPS) is 10.6. The van der Waals surface area contributed by atoms with Crippen molar-refractivity contribution in [2.24, 2.45) is 0 Å². The molecular weight excluding hydrogens is 506 g/mol. The van der Waals surface area contributed by atoms with E-state index in [9.17, 15) is 0 Å². The third-order valence-corrected chi connectivity index (χ3v) is 7.57. The second kappa shape index (κ2) is 14.3. The van der Waals surface area contributed by atoms with Crippen molar-refractivity contribution in [3.05, 3.63) is 114 Å². The van der Waals surface area contributed by atoms with E-state index < -0.39 is 0 Å². The quantitative estimate of drug-likeness (QED) is 0.166. The molecular formula is C36H43N3O2. The van der Waals surface area contributed by atoms with E-state index in [-0.39, 0.29) is 0 Å². The molecule has 0 amide bonds. The highest BCUT2D eigenvalue weighted by atomic mass is 16.5. The van der Waals surface area contributed by atoms with Crippen molar-refractivity contribution in [1.82, 2.24) is 0 Å². The van der Waals surface area contributed by atoms with Gasteiger partial charge in [-0.25, -0.2) is 0 Å². The Balaban J connectivity index is 1.87. The molecule has 4 aromatic carbocycles. The second-order valence-electron chi connectivity index (χ2n) is 9.75. The molecule has 214 valence electrons. The van der Waals surface area contributed by atoms with Crippen molar-refractivity contribution >= 4 is 28.3 Å². The van der Waals surface area contributed by atoms with Crippen LogP contribution in [-0.4, -0.2) is 40.4 Å². The van der Waals surface area contributed by atoms with Gasteiger partial charge in [0.25, 0.3) is 0 Å². The van der Waals surface area contributed by atoms with Gasteiger partial charge in [-0.1, -0.05) is 24.3 Å². The lowest BCUT2D eigenvalue weighted by Gasteiger charge is -2.25. The highest BCUT2D eigenvalue weighted by Crippen LogP contribution is 2.34. The first-order chi connectivity index (χ1) is 20.0. The van der Waals surface area contributed by atoms with E-state index in [0.717, 1.165) is 65.8 Å². The van der Waals surface area contributed by atoms with E-state index >= 15 is 0 Å². The van der Waals surface area contributed by atoms with E-state index in [2.05, 4.69) is 121 Å². The number of methoxy groups -OCH3 is 2. The number of benzene rings is 4. The lowest BCUT2D eigenvalue weighted by molar-refractivity contribution is 0.415. The molecule has 0 atom stereocenters. The minimum absolute atomic E-state index is 0.826. The van der Waals surface area contributed by atoms with Crippen LogP contribution in [0.15, 0.2) is 103 Å². The summed E-state index contributed by atoms with van der Waals surface area (Å²) in [6.45, 7) is 12.7. The van der Waals surface area contributed by atoms with E-state index in [4.69, 9.17) is 9.47 Å². The van der Waals surface area contributed by atoms with E-state index in [1.165, 1.54) is 11.4 Å². The van der Waals surface area contributed by atoms with Gasteiger partial charge in [0.05, 0.1) is 14.2 Å². The Morgan fingerprint density at radius 3 is 1.10 bits per heavy atom. The molecule has 0 aliphatic heterocycles. The minimum Gasteiger partial charge on any atom is -0.497 e. The van der Waals surface area contributed by atoms with Crippen molar-refractivity contribution in [2.45, 2.75) is 27.7 Å². The molecule has 0 fully saturated rings. The van der Waals surface area contributed by atoms with Crippen LogP contribution in [0.4, 0.5) is 22.7 Å². The molecule has 0 radical (unpaired) electrons. The topological polar surface area (TPSA) is 28.2 Å². The fourth-order valence-corrected chi connectivity index (χ4v) is 5.11. The maximum absolute atomic E-state index is 5.44. The first-order valence-corrected chi connectivity index (χ1v) is 14.5. The molecule has 5 heteroatoms. The summed E-state index contributed by atoms with van der Waals surface area (Å²) >= 11 is 0. The van der Waals surface area contributed by atoms with Gasteiger partial charge >= 0.3 is 0 Å². The predicted octanol–water partition coefficient (Wildman–Crippen LogP) is 8.62. The van der Waals surface area contributed by atoms with E-state index in [0.29, 0.717) is 0 Å². The Hall–Kier alpha value is -4.38. The van der Waals surface area contributed by atoms with Gasteiger partial charge in [0.15, 0.2) is 0 Å². The highest BCUT2D eigenvalue weighted by molar-refractivity contribution is 5.85. The molecule has 0 saturated heterocycles. The molecule has 0 aliphatic rings. The number of hydrogen-bond donors (Lipinski definition) is 0. The molecule has 0 aliphatic carbocycles. The zero-order valence-electron chi connectivity index (χ0n) is 25.3. The molecule has 0 heterocycles. The third kappa shape index (κ3) is 7.04. The number of rotatable bonds is 13. The Morgan fingerprint density at radius 1 is 0.488 bits per heavy atom. The fraction of sp³-hybridized carbons (Fsp3) is 0.278. The maximum atomic E-state index is 5.44. The van der Waals surface area contributed by atoms with Crippen molar-refractivity contribution in [3.63, 3.8) is 0 Å². The van der Waals surface area contributed by atoms with Crippen molar-refractivity contribution in [1.29, 1.82) is 0 Å². The largest absolute Gasteiger partial charge is 0.497 e. The third-order valence-electron chi connectivity index (χ3n) is 7.57.